The summed E-state index contributed by atoms with van der Waals surface area (Å²) in [6.07, 6.45) is 0.0756. The summed E-state index contributed by atoms with van der Waals surface area (Å²) in [5, 5.41) is 3.50. The molecule has 0 bridgehead atoms. The minimum atomic E-state index is -0.487. The Kier molecular flexibility index (Phi) is 5.87. The zero-order valence-electron chi connectivity index (χ0n) is 15.3. The Morgan fingerprint density at radius 2 is 2.04 bits per heavy atom. The minimum Gasteiger partial charge on any atom is -0.326 e. The lowest BCUT2D eigenvalue weighted by atomic mass is 10.2. The van der Waals surface area contributed by atoms with E-state index in [1.165, 1.54) is 16.7 Å². The third-order valence-corrected chi connectivity index (χ3v) is 5.83. The van der Waals surface area contributed by atoms with Crippen molar-refractivity contribution in [3.8, 4) is 0 Å². The molecular weight excluding hydrogens is 382 g/mol. The van der Waals surface area contributed by atoms with Gasteiger partial charge in [0.1, 0.15) is 5.25 Å². The van der Waals surface area contributed by atoms with E-state index in [2.05, 4.69) is 10.3 Å². The molecule has 140 valence electrons. The average molecular weight is 402 g/mol. The van der Waals surface area contributed by atoms with Crippen LogP contribution in [0, 0.1) is 13.8 Å². The van der Waals surface area contributed by atoms with E-state index >= 15 is 0 Å². The highest BCUT2D eigenvalue weighted by molar-refractivity contribution is 8.15. The van der Waals surface area contributed by atoms with Crippen molar-refractivity contribution in [1.29, 1.82) is 0 Å². The van der Waals surface area contributed by atoms with Gasteiger partial charge in [-0.25, -0.2) is 4.99 Å². The third kappa shape index (κ3) is 4.70. The number of rotatable bonds is 4. The first-order valence-corrected chi connectivity index (χ1v) is 9.75. The van der Waals surface area contributed by atoms with Crippen LogP contribution in [0.2, 0.25) is 5.02 Å². The van der Waals surface area contributed by atoms with Crippen molar-refractivity contribution in [2.75, 3.05) is 12.4 Å². The highest BCUT2D eigenvalue weighted by atomic mass is 35.5. The molecule has 0 aromatic heterocycles. The van der Waals surface area contributed by atoms with Crippen molar-refractivity contribution in [3.63, 3.8) is 0 Å². The van der Waals surface area contributed by atoms with E-state index in [-0.39, 0.29) is 18.2 Å². The fraction of sp³-hybridized carbons (Fsp3) is 0.250. The first kappa shape index (κ1) is 19.5. The van der Waals surface area contributed by atoms with E-state index < -0.39 is 5.25 Å². The van der Waals surface area contributed by atoms with Gasteiger partial charge in [0, 0.05) is 24.2 Å². The summed E-state index contributed by atoms with van der Waals surface area (Å²) in [5.74, 6) is -0.352. The second-order valence-corrected chi connectivity index (χ2v) is 8.03. The van der Waals surface area contributed by atoms with E-state index in [1.54, 1.807) is 19.2 Å². The number of nitrogens with zero attached hydrogens (tertiary/aromatic N) is 2. The molecule has 5 nitrogen and oxygen atoms in total. The lowest BCUT2D eigenvalue weighted by Gasteiger charge is -2.10. The molecule has 2 aromatic rings. The highest BCUT2D eigenvalue weighted by Gasteiger charge is 2.37. The number of aryl methyl sites for hydroxylation is 2. The van der Waals surface area contributed by atoms with Crippen LogP contribution in [0.4, 0.5) is 11.4 Å². The van der Waals surface area contributed by atoms with Crippen molar-refractivity contribution in [2.24, 2.45) is 4.99 Å². The van der Waals surface area contributed by atoms with Crippen LogP contribution < -0.4 is 5.32 Å². The van der Waals surface area contributed by atoms with Crippen LogP contribution in [0.5, 0.6) is 0 Å². The second kappa shape index (κ2) is 8.15. The van der Waals surface area contributed by atoms with Crippen LogP contribution in [0.25, 0.3) is 0 Å². The van der Waals surface area contributed by atoms with Gasteiger partial charge in [-0.1, -0.05) is 41.6 Å². The van der Waals surface area contributed by atoms with Gasteiger partial charge in [-0.05, 0) is 49.2 Å². The maximum Gasteiger partial charge on any atom is 0.242 e. The first-order valence-electron chi connectivity index (χ1n) is 8.49. The maximum absolute atomic E-state index is 12.5. The third-order valence-electron chi connectivity index (χ3n) is 4.19. The molecule has 1 saturated heterocycles. The van der Waals surface area contributed by atoms with Crippen LogP contribution in [-0.2, 0) is 9.59 Å². The molecule has 1 aliphatic heterocycles. The summed E-state index contributed by atoms with van der Waals surface area (Å²) < 4.78 is 0. The standard InChI is InChI=1S/C20H20ClN3O2S/c1-12-5-4-6-14(9-12)23-20-24(3)19(26)17(27-20)11-18(25)22-15-8-7-13(2)16(21)10-15/h4-10,17H,11H2,1-3H3,(H,22,25)/t17-/m0/s1. The number of aliphatic imine (C=N–C) groups is 1. The molecule has 7 heteroatoms. The van der Waals surface area contributed by atoms with Gasteiger partial charge in [-0.15, -0.1) is 0 Å². The Hall–Kier alpha value is -2.31. The zero-order chi connectivity index (χ0) is 19.6. The summed E-state index contributed by atoms with van der Waals surface area (Å²) in [6, 6.07) is 13.1. The van der Waals surface area contributed by atoms with E-state index in [4.69, 9.17) is 11.6 Å². The first-order chi connectivity index (χ1) is 12.8. The summed E-state index contributed by atoms with van der Waals surface area (Å²) in [7, 11) is 1.68. The summed E-state index contributed by atoms with van der Waals surface area (Å²) in [6.45, 7) is 3.89. The van der Waals surface area contributed by atoms with Crippen molar-refractivity contribution < 1.29 is 9.59 Å². The van der Waals surface area contributed by atoms with Gasteiger partial charge < -0.3 is 5.32 Å². The number of amides is 2. The number of carbonyl (C=O) groups excluding carboxylic acids is 2. The van der Waals surface area contributed by atoms with Gasteiger partial charge in [-0.3, -0.25) is 14.5 Å². The van der Waals surface area contributed by atoms with Crippen LogP contribution in [0.15, 0.2) is 47.5 Å². The zero-order valence-corrected chi connectivity index (χ0v) is 16.9. The van der Waals surface area contributed by atoms with E-state index in [9.17, 15) is 9.59 Å². The van der Waals surface area contributed by atoms with Crippen LogP contribution in [-0.4, -0.2) is 34.2 Å². The molecule has 1 N–H and O–H groups in total. The Bertz CT molecular complexity index is 929. The highest BCUT2D eigenvalue weighted by Crippen LogP contribution is 2.31. The van der Waals surface area contributed by atoms with Gasteiger partial charge in [0.25, 0.3) is 0 Å². The molecule has 0 spiro atoms. The molecule has 27 heavy (non-hydrogen) atoms. The number of amidine groups is 1. The molecule has 1 atom stereocenters. The number of thioether (sulfide) groups is 1. The van der Waals surface area contributed by atoms with Crippen LogP contribution >= 0.6 is 23.4 Å². The van der Waals surface area contributed by atoms with Gasteiger partial charge in [0.15, 0.2) is 5.17 Å². The van der Waals surface area contributed by atoms with Gasteiger partial charge >= 0.3 is 0 Å². The number of nitrogens with one attached hydrogen (secondary N) is 1. The smallest absolute Gasteiger partial charge is 0.242 e. The number of hydrogen-bond acceptors (Lipinski definition) is 4. The predicted octanol–water partition coefficient (Wildman–Crippen LogP) is 4.55. The Morgan fingerprint density at radius 3 is 2.74 bits per heavy atom. The molecule has 0 saturated carbocycles. The molecule has 0 unspecified atom stereocenters. The van der Waals surface area contributed by atoms with E-state index in [1.807, 2.05) is 44.2 Å². The van der Waals surface area contributed by atoms with Gasteiger partial charge in [-0.2, -0.15) is 0 Å². The molecular formula is C20H20ClN3O2S. The maximum atomic E-state index is 12.5. The number of benzene rings is 2. The van der Waals surface area contributed by atoms with Crippen molar-refractivity contribution in [1.82, 2.24) is 4.90 Å². The largest absolute Gasteiger partial charge is 0.326 e. The topological polar surface area (TPSA) is 61.8 Å². The second-order valence-electron chi connectivity index (χ2n) is 6.45. The molecule has 1 heterocycles. The van der Waals surface area contributed by atoms with Crippen molar-refractivity contribution >= 4 is 51.7 Å². The molecule has 3 rings (SSSR count). The Morgan fingerprint density at radius 1 is 1.26 bits per heavy atom. The lowest BCUT2D eigenvalue weighted by Crippen LogP contribution is -2.30. The summed E-state index contributed by atoms with van der Waals surface area (Å²) in [5.41, 5.74) is 3.45. The predicted molar refractivity (Wildman–Crippen MR) is 112 cm³/mol. The van der Waals surface area contributed by atoms with E-state index in [0.29, 0.717) is 15.9 Å². The molecule has 0 radical (unpaired) electrons. The van der Waals surface area contributed by atoms with Gasteiger partial charge in [0.2, 0.25) is 11.8 Å². The Balaban J connectivity index is 1.67. The number of anilines is 1. The molecule has 1 aliphatic rings. The Labute approximate surface area is 167 Å². The fourth-order valence-electron chi connectivity index (χ4n) is 2.66. The fourth-order valence-corrected chi connectivity index (χ4v) is 3.99. The van der Waals surface area contributed by atoms with Crippen molar-refractivity contribution in [3.05, 3.63) is 58.6 Å². The lowest BCUT2D eigenvalue weighted by molar-refractivity contribution is -0.127. The van der Waals surface area contributed by atoms with E-state index in [0.717, 1.165) is 16.8 Å². The molecule has 2 aromatic carbocycles. The number of halogens is 1. The normalized spacial score (nSPS) is 18.2. The molecule has 1 fully saturated rings. The van der Waals surface area contributed by atoms with Crippen molar-refractivity contribution in [2.45, 2.75) is 25.5 Å². The quantitative estimate of drug-likeness (QED) is 0.817. The average Bonchev–Trinajstić information content (AvgIpc) is 2.86. The summed E-state index contributed by atoms with van der Waals surface area (Å²) in [4.78, 5) is 30.9. The minimum absolute atomic E-state index is 0.0756. The number of carbonyl (C=O) groups is 2. The van der Waals surface area contributed by atoms with Crippen LogP contribution in [0.3, 0.4) is 0 Å². The monoisotopic (exact) mass is 401 g/mol. The number of hydrogen-bond donors (Lipinski definition) is 1. The van der Waals surface area contributed by atoms with Crippen LogP contribution in [0.1, 0.15) is 17.5 Å². The summed E-state index contributed by atoms with van der Waals surface area (Å²) >= 11 is 7.40. The van der Waals surface area contributed by atoms with Gasteiger partial charge in [0.05, 0.1) is 5.69 Å². The molecule has 0 aliphatic carbocycles. The SMILES string of the molecule is Cc1cccc(N=C2S[C@@H](CC(=O)Nc3ccc(C)c(Cl)c3)C(=O)N2C)c1. The molecule has 2 amide bonds.